The van der Waals surface area contributed by atoms with Crippen molar-refractivity contribution < 1.29 is 29.3 Å². The van der Waals surface area contributed by atoms with Crippen LogP contribution in [0.3, 0.4) is 0 Å². The molecule has 1 unspecified atom stereocenters. The number of ketones is 1. The summed E-state index contributed by atoms with van der Waals surface area (Å²) in [5, 5.41) is 10.8. The molecule has 0 radical (unpaired) electrons. The van der Waals surface area contributed by atoms with Crippen LogP contribution in [0, 0.1) is 12.8 Å². The molecule has 0 bridgehead atoms. The lowest BCUT2D eigenvalue weighted by molar-refractivity contribution is -0.115. The van der Waals surface area contributed by atoms with E-state index in [0.717, 1.165) is 47.2 Å². The van der Waals surface area contributed by atoms with E-state index in [2.05, 4.69) is 0 Å². The van der Waals surface area contributed by atoms with Crippen LogP contribution in [0.1, 0.15) is 55.4 Å². The summed E-state index contributed by atoms with van der Waals surface area (Å²) < 4.78 is 64.3. The zero-order valence-corrected chi connectivity index (χ0v) is 21.0. The molecule has 34 heavy (non-hydrogen) atoms. The van der Waals surface area contributed by atoms with Crippen molar-refractivity contribution in [2.45, 2.75) is 62.7 Å². The van der Waals surface area contributed by atoms with Crippen molar-refractivity contribution in [3.63, 3.8) is 0 Å². The average molecular weight is 521 g/mol. The Morgan fingerprint density at radius 2 is 1.53 bits per heavy atom. The second-order valence-corrected chi connectivity index (χ2v) is 12.3. The van der Waals surface area contributed by atoms with Gasteiger partial charge < -0.3 is 5.11 Å². The van der Waals surface area contributed by atoms with E-state index in [9.17, 15) is 29.3 Å². The van der Waals surface area contributed by atoms with Gasteiger partial charge in [0.15, 0.2) is 5.78 Å². The van der Waals surface area contributed by atoms with Crippen LogP contribution < -0.4 is 0 Å². The number of carbonyl (C=O) groups is 1. The minimum Gasteiger partial charge on any atom is -0.512 e. The quantitative estimate of drug-likeness (QED) is 0.278. The van der Waals surface area contributed by atoms with E-state index < -0.39 is 15.1 Å². The fourth-order valence-corrected chi connectivity index (χ4v) is 6.08. The summed E-state index contributed by atoms with van der Waals surface area (Å²) in [4.78, 5) is 11.6. The number of allylic oxidation sites excluding steroid dienone is 2. The highest BCUT2D eigenvalue weighted by Crippen LogP contribution is 3.02. The molecule has 2 nitrogen and oxygen atoms in total. The highest BCUT2D eigenvalue weighted by Gasteiger charge is 2.65. The molecule has 0 aliphatic heterocycles. The molecule has 1 atom stereocenters. The van der Waals surface area contributed by atoms with Crippen molar-refractivity contribution in [3.8, 4) is 0 Å². The van der Waals surface area contributed by atoms with Gasteiger partial charge in [-0.3, -0.25) is 4.79 Å². The molecule has 1 aliphatic rings. The van der Waals surface area contributed by atoms with Gasteiger partial charge in [-0.25, -0.2) is 0 Å². The van der Waals surface area contributed by atoms with Crippen molar-refractivity contribution in [2.75, 3.05) is 5.75 Å². The van der Waals surface area contributed by atoms with Crippen LogP contribution in [0.2, 0.25) is 0 Å². The van der Waals surface area contributed by atoms with Gasteiger partial charge in [-0.2, -0.15) is 0 Å². The maximum absolute atomic E-state index is 13.1. The molecule has 0 heterocycles. The Bertz CT molecular complexity index is 1100. The van der Waals surface area contributed by atoms with E-state index in [4.69, 9.17) is 0 Å². The molecule has 188 valence electrons. The number of aliphatic hydroxyl groups is 1. The average Bonchev–Trinajstić information content (AvgIpc) is 2.72. The molecule has 3 rings (SSSR count). The zero-order chi connectivity index (χ0) is 25.4. The summed E-state index contributed by atoms with van der Waals surface area (Å²) in [5.41, 5.74) is 4.44. The number of hydrogen-bond acceptors (Lipinski definition) is 3. The van der Waals surface area contributed by atoms with Gasteiger partial charge >= 0.3 is 10.2 Å². The predicted octanol–water partition coefficient (Wildman–Crippen LogP) is 9.21. The van der Waals surface area contributed by atoms with Crippen LogP contribution in [0.4, 0.5) is 19.4 Å². The summed E-state index contributed by atoms with van der Waals surface area (Å²) >= 11 is 1.24. The Morgan fingerprint density at radius 1 is 0.971 bits per heavy atom. The first-order valence-corrected chi connectivity index (χ1v) is 14.1. The third-order valence-corrected chi connectivity index (χ3v) is 8.25. The van der Waals surface area contributed by atoms with Gasteiger partial charge in [0.25, 0.3) is 0 Å². The Kier molecular flexibility index (Phi) is 6.96. The van der Waals surface area contributed by atoms with E-state index in [1.54, 1.807) is 0 Å². The Morgan fingerprint density at radius 3 is 2.00 bits per heavy atom. The van der Waals surface area contributed by atoms with E-state index in [0.29, 0.717) is 41.2 Å². The summed E-state index contributed by atoms with van der Waals surface area (Å²) in [5.74, 6) is 0.377. The molecular formula is C25H29F5O2S2. The van der Waals surface area contributed by atoms with E-state index in [1.807, 2.05) is 32.9 Å². The summed E-state index contributed by atoms with van der Waals surface area (Å²) in [6.07, 6.45) is 2.68. The molecule has 0 amide bonds. The van der Waals surface area contributed by atoms with E-state index >= 15 is 0 Å². The Hall–Kier alpha value is -2.00. The summed E-state index contributed by atoms with van der Waals surface area (Å²) in [6.45, 7) is 6.05. The topological polar surface area (TPSA) is 37.3 Å². The van der Waals surface area contributed by atoms with Gasteiger partial charge in [-0.05, 0) is 78.8 Å². The van der Waals surface area contributed by atoms with E-state index in [1.165, 1.54) is 11.8 Å². The van der Waals surface area contributed by atoms with Crippen LogP contribution >= 0.6 is 22.0 Å². The molecule has 0 spiro atoms. The molecule has 9 heteroatoms. The van der Waals surface area contributed by atoms with E-state index in [-0.39, 0.29) is 23.9 Å². The van der Waals surface area contributed by atoms with Gasteiger partial charge in [0, 0.05) is 17.7 Å². The van der Waals surface area contributed by atoms with Crippen LogP contribution in [-0.4, -0.2) is 16.6 Å². The third kappa shape index (κ3) is 6.16. The smallest absolute Gasteiger partial charge is 0.310 e. The van der Waals surface area contributed by atoms with Crippen LogP contribution in [-0.2, 0) is 17.6 Å². The van der Waals surface area contributed by atoms with Crippen LogP contribution in [0.25, 0.3) is 5.57 Å². The standard InChI is InChI=1S/C25H29F5O2S2/c1-4-18-12-16(3)13-19(5-2)24(18)25-22(31)14-17(15-23(25)32)10-11-33-20-6-8-21(9-7-20)34(26,27,28,29)30/h6-9,12-13,17,31H,4-5,10-11,14-15H2,1-3H3. The third-order valence-electron chi connectivity index (χ3n) is 6.05. The fourth-order valence-electron chi connectivity index (χ4n) is 4.42. The number of halogens is 5. The second-order valence-electron chi connectivity index (χ2n) is 8.76. The number of carbonyl (C=O) groups excluding carboxylic acids is 1. The molecule has 0 aromatic heterocycles. The Balaban J connectivity index is 1.70. The van der Waals surface area contributed by atoms with Gasteiger partial charge in [0.2, 0.25) is 0 Å². The normalized spacial score (nSPS) is 19.2. The first kappa shape index (κ1) is 26.6. The molecule has 2 aromatic rings. The van der Waals surface area contributed by atoms with Crippen molar-refractivity contribution >= 4 is 33.3 Å². The number of benzene rings is 2. The number of aliphatic hydroxyl groups excluding tert-OH is 1. The summed E-state index contributed by atoms with van der Waals surface area (Å²) in [7, 11) is -9.67. The maximum atomic E-state index is 13.1. The molecule has 1 aliphatic carbocycles. The second kappa shape index (κ2) is 8.90. The molecular weight excluding hydrogens is 491 g/mol. The number of rotatable bonds is 8. The highest BCUT2D eigenvalue weighted by atomic mass is 32.5. The first-order chi connectivity index (χ1) is 15.6. The first-order valence-electron chi connectivity index (χ1n) is 11.2. The SMILES string of the molecule is CCc1cc(C)cc(CC)c1C1=C(O)CC(CCSc2ccc(S(F)(F)(F)(F)F)cc2)CC1=O. The maximum Gasteiger partial charge on any atom is 0.310 e. The molecule has 0 fully saturated rings. The van der Waals surface area contributed by atoms with Gasteiger partial charge in [0.1, 0.15) is 10.7 Å². The minimum atomic E-state index is -9.67. The predicted molar refractivity (Wildman–Crippen MR) is 130 cm³/mol. The Labute approximate surface area is 201 Å². The molecule has 0 saturated heterocycles. The highest BCUT2D eigenvalue weighted by molar-refractivity contribution is 8.45. The largest absolute Gasteiger partial charge is 0.512 e. The van der Waals surface area contributed by atoms with Crippen LogP contribution in [0.5, 0.6) is 0 Å². The lowest BCUT2D eigenvalue weighted by Gasteiger charge is -2.40. The number of hydrogen-bond donors (Lipinski definition) is 1. The lowest BCUT2D eigenvalue weighted by Crippen LogP contribution is -2.21. The molecule has 0 saturated carbocycles. The van der Waals surface area contributed by atoms with Gasteiger partial charge in [-0.15, -0.1) is 11.8 Å². The number of Topliss-reactive ketones (excluding diaryl/α,β-unsaturated/α-hetero) is 1. The van der Waals surface area contributed by atoms with Gasteiger partial charge in [0.05, 0.1) is 5.57 Å². The molecule has 1 N–H and O–H groups in total. The zero-order valence-electron chi connectivity index (χ0n) is 19.3. The van der Waals surface area contributed by atoms with Crippen molar-refractivity contribution in [1.29, 1.82) is 0 Å². The van der Waals surface area contributed by atoms with Gasteiger partial charge in [-0.1, -0.05) is 51.0 Å². The monoisotopic (exact) mass is 520 g/mol. The van der Waals surface area contributed by atoms with Crippen molar-refractivity contribution in [2.24, 2.45) is 5.92 Å². The van der Waals surface area contributed by atoms with Crippen molar-refractivity contribution in [3.05, 3.63) is 64.4 Å². The minimum absolute atomic E-state index is 0.0831. The van der Waals surface area contributed by atoms with Crippen molar-refractivity contribution in [1.82, 2.24) is 0 Å². The molecule has 2 aromatic carbocycles. The van der Waals surface area contributed by atoms with Crippen LogP contribution in [0.15, 0.2) is 51.9 Å². The fraction of sp³-hybridized carbons (Fsp3) is 0.400. The number of thioether (sulfide) groups is 1. The summed E-state index contributed by atoms with van der Waals surface area (Å²) in [6, 6.07) is 6.99. The number of aryl methyl sites for hydroxylation is 3. The lowest BCUT2D eigenvalue weighted by atomic mass is 9.79.